The van der Waals surface area contributed by atoms with Crippen molar-refractivity contribution in [3.8, 4) is 11.4 Å². The van der Waals surface area contributed by atoms with E-state index in [1.165, 1.54) is 0 Å². The lowest BCUT2D eigenvalue weighted by Crippen LogP contribution is -2.53. The van der Waals surface area contributed by atoms with Crippen molar-refractivity contribution in [2.24, 2.45) is 0 Å². The lowest BCUT2D eigenvalue weighted by atomic mass is 10.1. The molecular formula is C15H20N6O3. The molecule has 1 amide bonds. The fourth-order valence-corrected chi connectivity index (χ4v) is 2.63. The molecule has 0 saturated carbocycles. The highest BCUT2D eigenvalue weighted by Gasteiger charge is 2.28. The predicted molar refractivity (Wildman–Crippen MR) is 86.3 cm³/mol. The first-order valence-electron chi connectivity index (χ1n) is 7.69. The van der Waals surface area contributed by atoms with E-state index in [1.54, 1.807) is 36.9 Å². The number of tetrazole rings is 1. The number of aromatic nitrogens is 4. The van der Waals surface area contributed by atoms with E-state index < -0.39 is 0 Å². The highest BCUT2D eigenvalue weighted by molar-refractivity contribution is 5.95. The Labute approximate surface area is 139 Å². The van der Waals surface area contributed by atoms with Gasteiger partial charge in [-0.3, -0.25) is 4.79 Å². The number of hydrogen-bond donors (Lipinski definition) is 2. The van der Waals surface area contributed by atoms with Gasteiger partial charge in [-0.25, -0.2) is 0 Å². The van der Waals surface area contributed by atoms with E-state index in [4.69, 9.17) is 9.47 Å². The van der Waals surface area contributed by atoms with Crippen LogP contribution in [0.25, 0.3) is 5.69 Å². The van der Waals surface area contributed by atoms with E-state index in [0.717, 1.165) is 0 Å². The van der Waals surface area contributed by atoms with E-state index in [0.29, 0.717) is 36.1 Å². The van der Waals surface area contributed by atoms with Crippen LogP contribution in [0.15, 0.2) is 18.2 Å². The molecule has 1 aliphatic rings. The zero-order valence-corrected chi connectivity index (χ0v) is 13.8. The van der Waals surface area contributed by atoms with Crippen LogP contribution in [-0.4, -0.2) is 58.5 Å². The number of rotatable bonds is 4. The number of aryl methyl sites for hydroxylation is 1. The lowest BCUT2D eigenvalue weighted by molar-refractivity contribution is -0.123. The molecule has 2 aromatic rings. The van der Waals surface area contributed by atoms with Crippen molar-refractivity contribution >= 4 is 11.6 Å². The minimum absolute atomic E-state index is 0.147. The molecule has 24 heavy (non-hydrogen) atoms. The number of methoxy groups -OCH3 is 1. The maximum absolute atomic E-state index is 12.5. The number of carbonyl (C=O) groups is 1. The number of amides is 1. The molecular weight excluding hydrogens is 312 g/mol. The predicted octanol–water partition coefficient (Wildman–Crippen LogP) is 0.295. The maximum atomic E-state index is 12.5. The van der Waals surface area contributed by atoms with E-state index in [-0.39, 0.29) is 18.1 Å². The summed E-state index contributed by atoms with van der Waals surface area (Å²) in [5.41, 5.74) is 1.28. The smallest absolute Gasteiger partial charge is 0.244 e. The quantitative estimate of drug-likeness (QED) is 0.829. The number of morpholine rings is 1. The molecule has 2 N–H and O–H groups in total. The van der Waals surface area contributed by atoms with E-state index >= 15 is 0 Å². The normalized spacial score (nSPS) is 20.6. The number of ether oxygens (including phenoxy) is 2. The second kappa shape index (κ2) is 6.93. The summed E-state index contributed by atoms with van der Waals surface area (Å²) in [5.74, 6) is 1.08. The lowest BCUT2D eigenvalue weighted by Gasteiger charge is -2.29. The Kier molecular flexibility index (Phi) is 4.72. The summed E-state index contributed by atoms with van der Waals surface area (Å²) in [6.07, 6.45) is -0.182. The van der Waals surface area contributed by atoms with Crippen molar-refractivity contribution in [1.29, 1.82) is 0 Å². The summed E-state index contributed by atoms with van der Waals surface area (Å²) >= 11 is 0. The molecule has 0 spiro atoms. The van der Waals surface area contributed by atoms with Gasteiger partial charge in [0.05, 0.1) is 19.8 Å². The number of benzene rings is 1. The third-order valence-corrected chi connectivity index (χ3v) is 3.90. The molecule has 3 rings (SSSR count). The number of nitrogens with one attached hydrogen (secondary N) is 2. The molecule has 2 heterocycles. The molecule has 1 fully saturated rings. The van der Waals surface area contributed by atoms with E-state index in [9.17, 15) is 4.79 Å². The largest absolute Gasteiger partial charge is 0.494 e. The standard InChI is InChI=1S/C15H20N6O3/c1-9-14(16-6-7-24-9)15(22)17-11-4-5-13(23-3)12(8-11)21-10(2)18-19-20-21/h4-5,8-9,14,16H,6-7H2,1-3H3,(H,17,22)/t9-,14+/m1/s1. The monoisotopic (exact) mass is 332 g/mol. The summed E-state index contributed by atoms with van der Waals surface area (Å²) in [6.45, 7) is 4.92. The third-order valence-electron chi connectivity index (χ3n) is 3.90. The molecule has 128 valence electrons. The number of carbonyl (C=O) groups excluding carboxylic acids is 1. The minimum atomic E-state index is -0.390. The Morgan fingerprint density at radius 2 is 2.33 bits per heavy atom. The van der Waals surface area contributed by atoms with Gasteiger partial charge < -0.3 is 20.1 Å². The fourth-order valence-electron chi connectivity index (χ4n) is 2.63. The van der Waals surface area contributed by atoms with Crippen molar-refractivity contribution in [3.63, 3.8) is 0 Å². The molecule has 0 unspecified atom stereocenters. The van der Waals surface area contributed by atoms with Crippen molar-refractivity contribution in [3.05, 3.63) is 24.0 Å². The van der Waals surface area contributed by atoms with Gasteiger partial charge in [0.2, 0.25) is 5.91 Å². The Bertz CT molecular complexity index is 732. The Morgan fingerprint density at radius 3 is 3.00 bits per heavy atom. The molecule has 0 aliphatic carbocycles. The number of hydrogen-bond acceptors (Lipinski definition) is 7. The molecule has 1 aliphatic heterocycles. The molecule has 9 nitrogen and oxygen atoms in total. The summed E-state index contributed by atoms with van der Waals surface area (Å²) in [6, 6.07) is 4.92. The zero-order valence-electron chi connectivity index (χ0n) is 13.8. The van der Waals surface area contributed by atoms with Gasteiger partial charge in [-0.1, -0.05) is 0 Å². The average molecular weight is 332 g/mol. The second-order valence-corrected chi connectivity index (χ2v) is 5.52. The van der Waals surface area contributed by atoms with Gasteiger partial charge in [0.1, 0.15) is 17.5 Å². The Hall–Kier alpha value is -2.52. The average Bonchev–Trinajstić information content (AvgIpc) is 3.01. The second-order valence-electron chi connectivity index (χ2n) is 5.52. The SMILES string of the molecule is COc1ccc(NC(=O)[C@H]2NCCO[C@@H]2C)cc1-n1nnnc1C. The van der Waals surface area contributed by atoms with E-state index in [2.05, 4.69) is 26.2 Å². The summed E-state index contributed by atoms with van der Waals surface area (Å²) in [5, 5.41) is 17.5. The van der Waals surface area contributed by atoms with Gasteiger partial charge in [0.15, 0.2) is 5.82 Å². The summed E-state index contributed by atoms with van der Waals surface area (Å²) in [4.78, 5) is 12.5. The molecule has 0 bridgehead atoms. The molecule has 1 aromatic carbocycles. The van der Waals surface area contributed by atoms with Crippen LogP contribution in [0.1, 0.15) is 12.7 Å². The third kappa shape index (κ3) is 3.22. The van der Waals surface area contributed by atoms with Crippen LogP contribution in [-0.2, 0) is 9.53 Å². The van der Waals surface area contributed by atoms with Crippen molar-refractivity contribution in [2.45, 2.75) is 26.0 Å². The fraction of sp³-hybridized carbons (Fsp3) is 0.467. The summed E-state index contributed by atoms with van der Waals surface area (Å²) < 4.78 is 12.4. The minimum Gasteiger partial charge on any atom is -0.494 e. The van der Waals surface area contributed by atoms with Gasteiger partial charge in [-0.2, -0.15) is 4.68 Å². The van der Waals surface area contributed by atoms with Crippen LogP contribution in [0.3, 0.4) is 0 Å². The van der Waals surface area contributed by atoms with Gasteiger partial charge in [-0.15, -0.1) is 5.10 Å². The first-order valence-corrected chi connectivity index (χ1v) is 7.69. The molecule has 2 atom stereocenters. The van der Waals surface area contributed by atoms with Crippen LogP contribution < -0.4 is 15.4 Å². The van der Waals surface area contributed by atoms with Crippen LogP contribution in [0, 0.1) is 6.92 Å². The van der Waals surface area contributed by atoms with Crippen LogP contribution in [0.5, 0.6) is 5.75 Å². The van der Waals surface area contributed by atoms with Crippen LogP contribution in [0.2, 0.25) is 0 Å². The van der Waals surface area contributed by atoms with Gasteiger partial charge >= 0.3 is 0 Å². The zero-order chi connectivity index (χ0) is 17.1. The van der Waals surface area contributed by atoms with Crippen LogP contribution in [0.4, 0.5) is 5.69 Å². The molecule has 1 aromatic heterocycles. The molecule has 1 saturated heterocycles. The van der Waals surface area contributed by atoms with E-state index in [1.807, 2.05) is 6.92 Å². The first-order chi connectivity index (χ1) is 11.6. The molecule has 0 radical (unpaired) electrons. The highest BCUT2D eigenvalue weighted by Crippen LogP contribution is 2.26. The topological polar surface area (TPSA) is 103 Å². The van der Waals surface area contributed by atoms with Crippen molar-refractivity contribution < 1.29 is 14.3 Å². The van der Waals surface area contributed by atoms with Gasteiger partial charge in [0.25, 0.3) is 0 Å². The number of nitrogens with zero attached hydrogens (tertiary/aromatic N) is 4. The van der Waals surface area contributed by atoms with Crippen molar-refractivity contribution in [1.82, 2.24) is 25.5 Å². The maximum Gasteiger partial charge on any atom is 0.244 e. The first kappa shape index (κ1) is 16.3. The highest BCUT2D eigenvalue weighted by atomic mass is 16.5. The Balaban J connectivity index is 1.84. The Morgan fingerprint density at radius 1 is 1.50 bits per heavy atom. The number of anilines is 1. The van der Waals surface area contributed by atoms with Gasteiger partial charge in [0, 0.05) is 12.2 Å². The summed E-state index contributed by atoms with van der Waals surface area (Å²) in [7, 11) is 1.57. The van der Waals surface area contributed by atoms with Crippen LogP contribution >= 0.6 is 0 Å². The molecule has 9 heteroatoms. The van der Waals surface area contributed by atoms with Crippen molar-refractivity contribution in [2.75, 3.05) is 25.6 Å². The van der Waals surface area contributed by atoms with Gasteiger partial charge in [-0.05, 0) is 42.5 Å².